The van der Waals surface area contributed by atoms with Crippen molar-refractivity contribution in [1.29, 1.82) is 0 Å². The number of aliphatic hydroxyl groups is 1. The number of aryl methyl sites for hydroxylation is 1. The second-order valence-electron chi connectivity index (χ2n) is 7.56. The first kappa shape index (κ1) is 20.8. The van der Waals surface area contributed by atoms with Crippen molar-refractivity contribution in [2.24, 2.45) is 0 Å². The van der Waals surface area contributed by atoms with Gasteiger partial charge in [0.15, 0.2) is 6.29 Å². The van der Waals surface area contributed by atoms with Crippen molar-refractivity contribution >= 4 is 5.91 Å². The molecule has 6 atom stereocenters. The highest BCUT2D eigenvalue weighted by atomic mass is 16.7. The number of rotatable bonds is 5. The molecule has 2 aliphatic heterocycles. The molecule has 4 rings (SSSR count). The highest BCUT2D eigenvalue weighted by Crippen LogP contribution is 2.34. The summed E-state index contributed by atoms with van der Waals surface area (Å²) in [5.74, 6) is 0.323. The molecule has 2 aromatic carbocycles. The van der Waals surface area contributed by atoms with E-state index < -0.39 is 36.9 Å². The SMILES string of the molecule is CCc1cccc(O[C@@H]2O[C@H]3CO[C@H](c4ccccc4)O[C@@H]3[C@@H](O)[C@H]2NC(C)=O)c1. The predicted molar refractivity (Wildman–Crippen MR) is 109 cm³/mol. The zero-order valence-electron chi connectivity index (χ0n) is 17.1. The third-order valence-corrected chi connectivity index (χ3v) is 5.37. The molecule has 2 saturated heterocycles. The number of benzene rings is 2. The largest absolute Gasteiger partial charge is 0.463 e. The maximum atomic E-state index is 11.8. The smallest absolute Gasteiger partial charge is 0.223 e. The lowest BCUT2D eigenvalue weighted by Crippen LogP contribution is -2.67. The Balaban J connectivity index is 1.53. The van der Waals surface area contributed by atoms with E-state index in [0.29, 0.717) is 5.75 Å². The van der Waals surface area contributed by atoms with Crippen molar-refractivity contribution in [2.45, 2.75) is 57.2 Å². The molecule has 0 bridgehead atoms. The number of amides is 1. The molecule has 1 amide bonds. The Bertz CT molecular complexity index is 860. The first-order valence-corrected chi connectivity index (χ1v) is 10.2. The molecule has 2 N–H and O–H groups in total. The first-order chi connectivity index (χ1) is 14.5. The minimum Gasteiger partial charge on any atom is -0.463 e. The van der Waals surface area contributed by atoms with Crippen molar-refractivity contribution in [1.82, 2.24) is 5.32 Å². The molecule has 7 nitrogen and oxygen atoms in total. The summed E-state index contributed by atoms with van der Waals surface area (Å²) in [5, 5.41) is 13.8. The monoisotopic (exact) mass is 413 g/mol. The molecule has 0 saturated carbocycles. The van der Waals surface area contributed by atoms with Crippen LogP contribution in [-0.4, -0.2) is 48.3 Å². The van der Waals surface area contributed by atoms with Crippen LogP contribution in [0.1, 0.15) is 31.3 Å². The van der Waals surface area contributed by atoms with Gasteiger partial charge in [0.05, 0.1) is 6.61 Å². The van der Waals surface area contributed by atoms with Crippen LogP contribution < -0.4 is 10.1 Å². The fourth-order valence-corrected chi connectivity index (χ4v) is 3.83. The summed E-state index contributed by atoms with van der Waals surface area (Å²) in [4.78, 5) is 11.8. The molecule has 2 heterocycles. The number of hydrogen-bond donors (Lipinski definition) is 2. The number of hydrogen-bond acceptors (Lipinski definition) is 6. The minimum atomic E-state index is -1.03. The number of aliphatic hydroxyl groups excluding tert-OH is 1. The Labute approximate surface area is 175 Å². The van der Waals surface area contributed by atoms with Gasteiger partial charge in [-0.15, -0.1) is 0 Å². The Morgan fingerprint density at radius 2 is 1.97 bits per heavy atom. The molecular weight excluding hydrogens is 386 g/mol. The van der Waals surface area contributed by atoms with Crippen LogP contribution in [0.2, 0.25) is 0 Å². The standard InChI is InChI=1S/C23H27NO6/c1-3-15-8-7-11-17(12-15)28-23-19(24-14(2)25)20(26)21-18(29-23)13-27-22(30-21)16-9-5-4-6-10-16/h4-12,18-23,26H,3,13H2,1-2H3,(H,24,25)/t18-,19+,20-,21-,22-,23+/m0/s1. The van der Waals surface area contributed by atoms with Gasteiger partial charge in [0.25, 0.3) is 0 Å². The van der Waals surface area contributed by atoms with Crippen LogP contribution in [0.25, 0.3) is 0 Å². The van der Waals surface area contributed by atoms with Gasteiger partial charge in [-0.3, -0.25) is 4.79 Å². The topological polar surface area (TPSA) is 86.2 Å². The molecule has 2 fully saturated rings. The third-order valence-electron chi connectivity index (χ3n) is 5.37. The van der Waals surface area contributed by atoms with Gasteiger partial charge in [-0.1, -0.05) is 49.4 Å². The average Bonchev–Trinajstić information content (AvgIpc) is 2.77. The fraction of sp³-hybridized carbons (Fsp3) is 0.435. The zero-order chi connectivity index (χ0) is 21.1. The van der Waals surface area contributed by atoms with E-state index in [9.17, 15) is 9.90 Å². The van der Waals surface area contributed by atoms with E-state index in [0.717, 1.165) is 17.5 Å². The summed E-state index contributed by atoms with van der Waals surface area (Å²) in [5.41, 5.74) is 1.97. The fourth-order valence-electron chi connectivity index (χ4n) is 3.83. The first-order valence-electron chi connectivity index (χ1n) is 10.2. The zero-order valence-corrected chi connectivity index (χ0v) is 17.1. The second kappa shape index (κ2) is 9.14. The van der Waals surface area contributed by atoms with Crippen LogP contribution in [0.4, 0.5) is 0 Å². The molecular formula is C23H27NO6. The van der Waals surface area contributed by atoms with Crippen LogP contribution in [0.5, 0.6) is 5.75 Å². The van der Waals surface area contributed by atoms with Gasteiger partial charge in [-0.05, 0) is 24.1 Å². The quantitative estimate of drug-likeness (QED) is 0.783. The van der Waals surface area contributed by atoms with Gasteiger partial charge < -0.3 is 29.4 Å². The highest BCUT2D eigenvalue weighted by molar-refractivity contribution is 5.73. The van der Waals surface area contributed by atoms with Crippen molar-refractivity contribution in [2.75, 3.05) is 6.61 Å². The van der Waals surface area contributed by atoms with Gasteiger partial charge >= 0.3 is 0 Å². The van der Waals surface area contributed by atoms with Gasteiger partial charge in [0, 0.05) is 12.5 Å². The maximum Gasteiger partial charge on any atom is 0.223 e. The van der Waals surface area contributed by atoms with E-state index in [4.69, 9.17) is 18.9 Å². The van der Waals surface area contributed by atoms with Gasteiger partial charge in [0.1, 0.15) is 30.1 Å². The molecule has 0 aromatic heterocycles. The Hall–Kier alpha value is -2.45. The van der Waals surface area contributed by atoms with Crippen LogP contribution in [0.15, 0.2) is 54.6 Å². The summed E-state index contributed by atoms with van der Waals surface area (Å²) >= 11 is 0. The minimum absolute atomic E-state index is 0.239. The molecule has 160 valence electrons. The average molecular weight is 413 g/mol. The Morgan fingerprint density at radius 3 is 2.70 bits per heavy atom. The van der Waals surface area contributed by atoms with E-state index in [1.54, 1.807) is 0 Å². The molecule has 0 aliphatic carbocycles. The van der Waals surface area contributed by atoms with Gasteiger partial charge in [0.2, 0.25) is 12.2 Å². The lowest BCUT2D eigenvalue weighted by molar-refractivity contribution is -0.333. The van der Waals surface area contributed by atoms with Crippen LogP contribution in [0.3, 0.4) is 0 Å². The van der Waals surface area contributed by atoms with E-state index in [1.165, 1.54) is 6.92 Å². The summed E-state index contributed by atoms with van der Waals surface area (Å²) in [6, 6.07) is 16.4. The molecule has 2 aliphatic rings. The van der Waals surface area contributed by atoms with Crippen molar-refractivity contribution in [3.63, 3.8) is 0 Å². The third kappa shape index (κ3) is 4.49. The Morgan fingerprint density at radius 1 is 1.17 bits per heavy atom. The molecule has 0 unspecified atom stereocenters. The van der Waals surface area contributed by atoms with Crippen LogP contribution >= 0.6 is 0 Å². The van der Waals surface area contributed by atoms with Crippen molar-refractivity contribution in [3.05, 3.63) is 65.7 Å². The summed E-state index contributed by atoms with van der Waals surface area (Å²) in [6.07, 6.45) is -2.83. The predicted octanol–water partition coefficient (Wildman–Crippen LogP) is 2.33. The molecule has 0 radical (unpaired) electrons. The lowest BCUT2D eigenvalue weighted by Gasteiger charge is -2.47. The van der Waals surface area contributed by atoms with E-state index >= 15 is 0 Å². The number of ether oxygens (including phenoxy) is 4. The molecule has 0 spiro atoms. The van der Waals surface area contributed by atoms with Gasteiger partial charge in [-0.2, -0.15) is 0 Å². The summed E-state index contributed by atoms with van der Waals surface area (Å²) < 4.78 is 24.0. The highest BCUT2D eigenvalue weighted by Gasteiger charge is 2.50. The lowest BCUT2D eigenvalue weighted by atomic mass is 9.95. The Kier molecular flexibility index (Phi) is 6.34. The van der Waals surface area contributed by atoms with Crippen molar-refractivity contribution in [3.8, 4) is 5.75 Å². The number of fused-ring (bicyclic) bond motifs is 1. The van der Waals surface area contributed by atoms with E-state index in [2.05, 4.69) is 12.2 Å². The molecule has 7 heteroatoms. The van der Waals surface area contributed by atoms with Gasteiger partial charge in [-0.25, -0.2) is 0 Å². The normalized spacial score (nSPS) is 30.9. The number of nitrogens with one attached hydrogen (secondary N) is 1. The second-order valence-corrected chi connectivity index (χ2v) is 7.56. The van der Waals surface area contributed by atoms with E-state index in [1.807, 2.05) is 54.6 Å². The molecule has 2 aromatic rings. The number of carbonyl (C=O) groups is 1. The van der Waals surface area contributed by atoms with E-state index in [-0.39, 0.29) is 12.5 Å². The van der Waals surface area contributed by atoms with Crippen LogP contribution in [0, 0.1) is 0 Å². The summed E-state index contributed by atoms with van der Waals surface area (Å²) in [7, 11) is 0. The number of carbonyl (C=O) groups excluding carboxylic acids is 1. The van der Waals surface area contributed by atoms with Crippen LogP contribution in [-0.2, 0) is 25.4 Å². The van der Waals surface area contributed by atoms with Crippen molar-refractivity contribution < 1.29 is 28.8 Å². The summed E-state index contributed by atoms with van der Waals surface area (Å²) in [6.45, 7) is 3.69. The molecule has 30 heavy (non-hydrogen) atoms. The maximum absolute atomic E-state index is 11.8.